The van der Waals surface area contributed by atoms with Crippen molar-refractivity contribution in [2.24, 2.45) is 23.0 Å². The number of nitrogens with one attached hydrogen (secondary N) is 4. The number of carbonyl (C=O) groups is 6. The Balaban J connectivity index is 0. The zero-order chi connectivity index (χ0) is 35.3. The first kappa shape index (κ1) is 43.9. The molecule has 1 saturated heterocycles. The summed E-state index contributed by atoms with van der Waals surface area (Å²) < 4.78 is 4.49. The Morgan fingerprint density at radius 1 is 1.00 bits per heavy atom. The predicted octanol–water partition coefficient (Wildman–Crippen LogP) is 3.14. The highest BCUT2D eigenvalue weighted by Crippen LogP contribution is 2.33. The zero-order valence-electron chi connectivity index (χ0n) is 29.6. The summed E-state index contributed by atoms with van der Waals surface area (Å²) in [5.74, 6) is -1.26. The Morgan fingerprint density at radius 3 is 1.93 bits per heavy atom. The predicted molar refractivity (Wildman–Crippen MR) is 176 cm³/mol. The van der Waals surface area contributed by atoms with Crippen LogP contribution >= 0.6 is 0 Å². The second-order valence-electron chi connectivity index (χ2n) is 12.6. The third-order valence-electron chi connectivity index (χ3n) is 7.09. The Morgan fingerprint density at radius 2 is 1.56 bits per heavy atom. The van der Waals surface area contributed by atoms with Gasteiger partial charge in [-0.3, -0.25) is 19.3 Å². The average Bonchev–Trinajstić information content (AvgIpc) is 3.69. The van der Waals surface area contributed by atoms with Gasteiger partial charge in [0.25, 0.3) is 5.91 Å². The first-order valence-electron chi connectivity index (χ1n) is 16.2. The molecule has 6 N–H and O–H groups in total. The van der Waals surface area contributed by atoms with Crippen LogP contribution in [-0.2, 0) is 23.9 Å². The number of likely N-dealkylation sites (tertiary alicyclic amines) is 1. The monoisotopic (exact) mass is 642 g/mol. The van der Waals surface area contributed by atoms with E-state index in [0.717, 1.165) is 38.5 Å². The molecule has 5 amide bonds. The van der Waals surface area contributed by atoms with Crippen LogP contribution in [0.2, 0.25) is 0 Å². The van der Waals surface area contributed by atoms with Crippen molar-refractivity contribution in [3.05, 3.63) is 0 Å². The second-order valence-corrected chi connectivity index (χ2v) is 12.6. The Kier molecular flexibility index (Phi) is 22.6. The Hall–Kier alpha value is -3.22. The lowest BCUT2D eigenvalue weighted by Crippen LogP contribution is -2.54. The van der Waals surface area contributed by atoms with E-state index >= 15 is 0 Å². The van der Waals surface area contributed by atoms with Crippen LogP contribution < -0.4 is 27.0 Å². The molecule has 1 aliphatic carbocycles. The minimum absolute atomic E-state index is 0.109. The number of aldehydes is 1. The van der Waals surface area contributed by atoms with Crippen LogP contribution in [0.25, 0.3) is 0 Å². The van der Waals surface area contributed by atoms with E-state index in [9.17, 15) is 28.8 Å². The summed E-state index contributed by atoms with van der Waals surface area (Å²) in [6, 6.07) is -2.23. The molecule has 13 nitrogen and oxygen atoms in total. The maximum absolute atomic E-state index is 12.1. The summed E-state index contributed by atoms with van der Waals surface area (Å²) in [6.45, 7) is 18.8. The van der Waals surface area contributed by atoms with E-state index in [-0.39, 0.29) is 35.9 Å². The number of carbonyl (C=O) groups excluding carboxylic acids is 6. The van der Waals surface area contributed by atoms with Crippen molar-refractivity contribution < 1.29 is 33.5 Å². The number of ketones is 1. The smallest absolute Gasteiger partial charge is 0.406 e. The topological polar surface area (TPSA) is 189 Å². The third-order valence-corrected chi connectivity index (χ3v) is 7.09. The number of urea groups is 1. The molecule has 2 rings (SSSR count). The van der Waals surface area contributed by atoms with E-state index in [1.807, 2.05) is 60.4 Å². The van der Waals surface area contributed by atoms with Gasteiger partial charge in [0.05, 0.1) is 31.3 Å². The molecule has 1 aliphatic heterocycles. The third kappa shape index (κ3) is 19.0. The standard InChI is InChI=1S/C14H27N3O4.C13H21N3O3.C3H8.C2H6/c1-9(2)10(7-15-13(20)21-6)16-12(19)17-11(8-18)14(3,4)5;1-16-6-2-3-10(16)13(19)15-9(7-8-4-5-8)11(17)12(14)18;1-3-2;1-2/h8-11H,7H2,1-6H3,(H,15,20)(H2,16,17,19);8-10H,2-7H2,1H3,(H2,14,18)(H,15,19);3H2,1-2H3;1-2H3. The number of rotatable bonds is 12. The number of primary amides is 1. The highest BCUT2D eigenvalue weighted by atomic mass is 16.5. The molecule has 0 radical (unpaired) electrons. The summed E-state index contributed by atoms with van der Waals surface area (Å²) in [6.07, 6.45) is 5.84. The van der Waals surface area contributed by atoms with Gasteiger partial charge >= 0.3 is 12.1 Å². The average molecular weight is 643 g/mol. The van der Waals surface area contributed by atoms with Crippen LogP contribution in [-0.4, -0.2) is 92.3 Å². The number of likely N-dealkylation sites (N-methyl/N-ethyl adjacent to an activating group) is 1. The fourth-order valence-electron chi connectivity index (χ4n) is 4.12. The molecule has 4 unspecified atom stereocenters. The molecule has 0 aromatic heterocycles. The lowest BCUT2D eigenvalue weighted by Gasteiger charge is -2.29. The van der Waals surface area contributed by atoms with Crippen molar-refractivity contribution >= 4 is 36.0 Å². The maximum atomic E-state index is 12.1. The van der Waals surface area contributed by atoms with Gasteiger partial charge in [-0.1, -0.05) is 81.6 Å². The van der Waals surface area contributed by atoms with Gasteiger partial charge in [-0.05, 0) is 50.1 Å². The maximum Gasteiger partial charge on any atom is 0.406 e. The molecule has 1 heterocycles. The van der Waals surface area contributed by atoms with Crippen molar-refractivity contribution in [3.63, 3.8) is 0 Å². The van der Waals surface area contributed by atoms with Crippen molar-refractivity contribution in [1.29, 1.82) is 0 Å². The lowest BCUT2D eigenvalue weighted by molar-refractivity contribution is -0.139. The number of hydrogen-bond acceptors (Lipinski definition) is 8. The van der Waals surface area contributed by atoms with Crippen LogP contribution in [0.1, 0.15) is 101 Å². The van der Waals surface area contributed by atoms with Gasteiger partial charge in [-0.25, -0.2) is 9.59 Å². The van der Waals surface area contributed by atoms with Gasteiger partial charge in [-0.15, -0.1) is 0 Å². The summed E-state index contributed by atoms with van der Waals surface area (Å²) in [5.41, 5.74) is 4.67. The molecular weight excluding hydrogens is 580 g/mol. The largest absolute Gasteiger partial charge is 0.453 e. The van der Waals surface area contributed by atoms with Crippen LogP contribution in [0.4, 0.5) is 9.59 Å². The fourth-order valence-corrected chi connectivity index (χ4v) is 4.12. The summed E-state index contributed by atoms with van der Waals surface area (Å²) in [5, 5.41) is 10.6. The molecule has 0 bridgehead atoms. The Labute approximate surface area is 270 Å². The van der Waals surface area contributed by atoms with E-state index in [0.29, 0.717) is 12.3 Å². The second kappa shape index (κ2) is 23.2. The summed E-state index contributed by atoms with van der Waals surface area (Å²) in [7, 11) is 3.17. The van der Waals surface area contributed by atoms with Gasteiger partial charge in [0.2, 0.25) is 11.7 Å². The molecule has 13 heteroatoms. The lowest BCUT2D eigenvalue weighted by atomic mass is 9.88. The number of nitrogens with zero attached hydrogens (tertiary/aromatic N) is 1. The number of nitrogens with two attached hydrogens (primary N) is 1. The van der Waals surface area contributed by atoms with E-state index < -0.39 is 35.9 Å². The highest BCUT2D eigenvalue weighted by Gasteiger charge is 2.35. The number of amides is 5. The van der Waals surface area contributed by atoms with Gasteiger partial charge in [0.1, 0.15) is 6.29 Å². The number of Topliss-reactive ketones (excluding diaryl/α,β-unsaturated/α-hetero) is 1. The van der Waals surface area contributed by atoms with Gasteiger partial charge in [-0.2, -0.15) is 0 Å². The molecule has 2 aliphatic rings. The van der Waals surface area contributed by atoms with Crippen molar-refractivity contribution in [2.75, 3.05) is 27.2 Å². The summed E-state index contributed by atoms with van der Waals surface area (Å²) >= 11 is 0. The summed E-state index contributed by atoms with van der Waals surface area (Å²) in [4.78, 5) is 70.9. The molecule has 1 saturated carbocycles. The fraction of sp³-hybridized carbons (Fsp3) is 0.812. The number of ether oxygens (including phenoxy) is 1. The molecular formula is C32H62N6O7. The van der Waals surface area contributed by atoms with Crippen LogP contribution in [0.5, 0.6) is 0 Å². The molecule has 0 spiro atoms. The number of alkyl carbamates (subject to hydrolysis) is 1. The van der Waals surface area contributed by atoms with Gasteiger partial charge < -0.3 is 36.5 Å². The van der Waals surface area contributed by atoms with Gasteiger partial charge in [0.15, 0.2) is 0 Å². The first-order chi connectivity index (χ1) is 21.0. The van der Waals surface area contributed by atoms with Crippen LogP contribution in [0.3, 0.4) is 0 Å². The van der Waals surface area contributed by atoms with Crippen molar-refractivity contribution in [2.45, 2.75) is 125 Å². The van der Waals surface area contributed by atoms with Crippen LogP contribution in [0, 0.1) is 17.3 Å². The number of methoxy groups -OCH3 is 1. The highest BCUT2D eigenvalue weighted by molar-refractivity contribution is 6.37. The van der Waals surface area contributed by atoms with E-state index in [1.54, 1.807) is 0 Å². The molecule has 0 aromatic carbocycles. The zero-order valence-corrected chi connectivity index (χ0v) is 29.6. The normalized spacial score (nSPS) is 17.6. The molecule has 2 fully saturated rings. The minimum Gasteiger partial charge on any atom is -0.453 e. The Bertz CT molecular complexity index is 918. The molecule has 0 aromatic rings. The molecule has 45 heavy (non-hydrogen) atoms. The van der Waals surface area contributed by atoms with Gasteiger partial charge in [0, 0.05) is 6.54 Å². The minimum atomic E-state index is -0.967. The first-order valence-corrected chi connectivity index (χ1v) is 16.2. The molecule has 262 valence electrons. The molecule has 4 atom stereocenters. The van der Waals surface area contributed by atoms with E-state index in [4.69, 9.17) is 5.73 Å². The van der Waals surface area contributed by atoms with Crippen molar-refractivity contribution in [3.8, 4) is 0 Å². The van der Waals surface area contributed by atoms with E-state index in [1.165, 1.54) is 13.5 Å². The van der Waals surface area contributed by atoms with Crippen LogP contribution in [0.15, 0.2) is 0 Å². The SMILES string of the molecule is CC.CCC.CN1CCCC1C(=O)NC(CC1CC1)C(=O)C(N)=O.COC(=O)NCC(NC(=O)NC(C=O)C(C)(C)C)C(C)C. The van der Waals surface area contributed by atoms with Crippen molar-refractivity contribution in [1.82, 2.24) is 26.2 Å². The quantitative estimate of drug-likeness (QED) is 0.158. The van der Waals surface area contributed by atoms with E-state index in [2.05, 4.69) is 39.9 Å². The number of hydrogen-bond donors (Lipinski definition) is 5.